The second kappa shape index (κ2) is 9.65. The third-order valence-corrected chi connectivity index (χ3v) is 5.92. The highest BCUT2D eigenvalue weighted by atomic mass is 16.5. The van der Waals surface area contributed by atoms with E-state index in [-0.39, 0.29) is 0 Å². The van der Waals surface area contributed by atoms with E-state index in [2.05, 4.69) is 78.4 Å². The molecule has 4 heteroatoms. The first-order valence-corrected chi connectivity index (χ1v) is 10.9. The van der Waals surface area contributed by atoms with Crippen molar-refractivity contribution in [1.82, 2.24) is 9.97 Å². The lowest BCUT2D eigenvalue weighted by Crippen LogP contribution is -1.95. The van der Waals surface area contributed by atoms with Crippen molar-refractivity contribution in [3.05, 3.63) is 94.3 Å². The minimum Gasteiger partial charge on any atom is -0.497 e. The molecule has 0 unspecified atom stereocenters. The average Bonchev–Trinajstić information content (AvgIpc) is 3.22. The average molecular weight is 425 g/mol. The number of hydrogen-bond donors (Lipinski definition) is 1. The molecule has 0 bridgehead atoms. The zero-order chi connectivity index (χ0) is 22.5. The Morgan fingerprint density at radius 3 is 2.66 bits per heavy atom. The van der Waals surface area contributed by atoms with Crippen molar-refractivity contribution >= 4 is 29.0 Å². The lowest BCUT2D eigenvalue weighted by Gasteiger charge is -2.13. The Morgan fingerprint density at radius 1 is 1.03 bits per heavy atom. The van der Waals surface area contributed by atoms with Crippen LogP contribution in [0.5, 0.6) is 5.75 Å². The number of H-pyrrole nitrogens is 1. The summed E-state index contributed by atoms with van der Waals surface area (Å²) in [4.78, 5) is 18.4. The number of aryl methyl sites for hydroxylation is 3. The van der Waals surface area contributed by atoms with Gasteiger partial charge in [0.05, 0.1) is 18.1 Å². The number of carbonyl (C=O) groups excluding carboxylic acids is 1. The monoisotopic (exact) mass is 424 g/mol. The van der Waals surface area contributed by atoms with Gasteiger partial charge in [-0.1, -0.05) is 42.5 Å². The van der Waals surface area contributed by atoms with Crippen LogP contribution < -0.4 is 4.74 Å². The van der Waals surface area contributed by atoms with E-state index in [1.807, 2.05) is 12.1 Å². The lowest BCUT2D eigenvalue weighted by molar-refractivity contribution is 0.111. The highest BCUT2D eigenvalue weighted by Gasteiger charge is 2.09. The van der Waals surface area contributed by atoms with Crippen molar-refractivity contribution in [3.63, 3.8) is 0 Å². The van der Waals surface area contributed by atoms with Gasteiger partial charge in [0.25, 0.3) is 0 Å². The summed E-state index contributed by atoms with van der Waals surface area (Å²) < 4.78 is 5.41. The van der Waals surface area contributed by atoms with Gasteiger partial charge in [-0.3, -0.25) is 4.79 Å². The summed E-state index contributed by atoms with van der Waals surface area (Å²) in [6.45, 7) is 4.31. The van der Waals surface area contributed by atoms with Crippen LogP contribution in [0.2, 0.25) is 0 Å². The number of benzene rings is 3. The van der Waals surface area contributed by atoms with E-state index in [1.54, 1.807) is 7.11 Å². The number of nitrogens with one attached hydrogen (secondary N) is 1. The molecule has 0 aliphatic carbocycles. The number of ether oxygens (including phenoxy) is 1. The van der Waals surface area contributed by atoms with Crippen molar-refractivity contribution in [1.29, 1.82) is 0 Å². The number of nitrogens with zero attached hydrogens (tertiary/aromatic N) is 1. The van der Waals surface area contributed by atoms with E-state index < -0.39 is 0 Å². The molecule has 0 radical (unpaired) electrons. The largest absolute Gasteiger partial charge is 0.497 e. The van der Waals surface area contributed by atoms with Crippen molar-refractivity contribution < 1.29 is 9.53 Å². The first-order chi connectivity index (χ1) is 15.6. The summed E-state index contributed by atoms with van der Waals surface area (Å²) in [5.41, 5.74) is 9.23. The third-order valence-electron chi connectivity index (χ3n) is 5.92. The molecule has 0 saturated carbocycles. The molecule has 1 N–H and O–H groups in total. The standard InChI is InChI=1S/C28H28N2O2/c1-19-11-13-24(32-3)17-22(19)8-6-9-23(25-10-5-4-7-20(25)2)15-21-12-14-26-27(16-21)30-28(18-31)29-26/h4-5,7,10-18H,6,8-9H2,1-3H3,(H,29,30)/b23-15-. The Kier molecular flexibility index (Phi) is 6.50. The van der Waals surface area contributed by atoms with E-state index in [4.69, 9.17) is 4.74 Å². The number of aromatic nitrogens is 2. The molecule has 0 saturated heterocycles. The number of fused-ring (bicyclic) bond motifs is 1. The van der Waals surface area contributed by atoms with E-state index >= 15 is 0 Å². The van der Waals surface area contributed by atoms with Gasteiger partial charge in [-0.05, 0) is 90.8 Å². The zero-order valence-corrected chi connectivity index (χ0v) is 18.8. The van der Waals surface area contributed by atoms with Gasteiger partial charge in [-0.2, -0.15) is 0 Å². The molecule has 3 aromatic carbocycles. The highest BCUT2D eigenvalue weighted by molar-refractivity contribution is 5.87. The van der Waals surface area contributed by atoms with Crippen molar-refractivity contribution in [2.75, 3.05) is 7.11 Å². The Morgan fingerprint density at radius 2 is 1.88 bits per heavy atom. The van der Waals surface area contributed by atoms with E-state index in [9.17, 15) is 4.79 Å². The van der Waals surface area contributed by atoms with E-state index in [1.165, 1.54) is 27.8 Å². The molecule has 1 heterocycles. The molecule has 32 heavy (non-hydrogen) atoms. The normalized spacial score (nSPS) is 11.7. The topological polar surface area (TPSA) is 55.0 Å². The molecule has 0 aliphatic rings. The van der Waals surface area contributed by atoms with Crippen LogP contribution in [0.1, 0.15) is 51.3 Å². The van der Waals surface area contributed by atoms with Crippen molar-refractivity contribution in [2.45, 2.75) is 33.1 Å². The maximum absolute atomic E-state index is 11.0. The van der Waals surface area contributed by atoms with Gasteiger partial charge in [-0.15, -0.1) is 0 Å². The van der Waals surface area contributed by atoms with Crippen LogP contribution in [0, 0.1) is 13.8 Å². The number of aldehydes is 1. The summed E-state index contributed by atoms with van der Waals surface area (Å²) in [6, 6.07) is 20.9. The Hall–Kier alpha value is -3.66. The molecule has 1 aromatic heterocycles. The Labute approximate surface area is 189 Å². The maximum Gasteiger partial charge on any atom is 0.185 e. The molecule has 0 amide bonds. The first kappa shape index (κ1) is 21.6. The molecule has 4 nitrogen and oxygen atoms in total. The molecule has 4 aromatic rings. The zero-order valence-electron chi connectivity index (χ0n) is 18.8. The molecule has 0 fully saturated rings. The van der Waals surface area contributed by atoms with Gasteiger partial charge in [0.2, 0.25) is 0 Å². The highest BCUT2D eigenvalue weighted by Crippen LogP contribution is 2.28. The second-order valence-corrected chi connectivity index (χ2v) is 8.15. The molecule has 162 valence electrons. The summed E-state index contributed by atoms with van der Waals surface area (Å²) in [5.74, 6) is 1.26. The fourth-order valence-corrected chi connectivity index (χ4v) is 4.12. The summed E-state index contributed by atoms with van der Waals surface area (Å²) in [6.07, 6.45) is 5.99. The predicted octanol–water partition coefficient (Wildman–Crippen LogP) is 6.56. The van der Waals surface area contributed by atoms with Gasteiger partial charge >= 0.3 is 0 Å². The number of allylic oxidation sites excluding steroid dienone is 1. The molecule has 0 atom stereocenters. The number of imidazole rings is 1. The van der Waals surface area contributed by atoms with Crippen molar-refractivity contribution in [2.24, 2.45) is 0 Å². The number of aromatic amines is 1. The lowest BCUT2D eigenvalue weighted by atomic mass is 9.93. The molecular formula is C28H28N2O2. The van der Waals surface area contributed by atoms with Gasteiger partial charge < -0.3 is 9.72 Å². The predicted molar refractivity (Wildman–Crippen MR) is 131 cm³/mol. The molecule has 4 rings (SSSR count). The first-order valence-electron chi connectivity index (χ1n) is 10.9. The number of hydrogen-bond acceptors (Lipinski definition) is 3. The van der Waals surface area contributed by atoms with Crippen molar-refractivity contribution in [3.8, 4) is 5.75 Å². The smallest absolute Gasteiger partial charge is 0.185 e. The molecule has 0 spiro atoms. The maximum atomic E-state index is 11.0. The fourth-order valence-electron chi connectivity index (χ4n) is 4.12. The van der Waals surface area contributed by atoms with E-state index in [0.29, 0.717) is 5.82 Å². The van der Waals surface area contributed by atoms with Crippen LogP contribution >= 0.6 is 0 Å². The van der Waals surface area contributed by atoms with Crippen LogP contribution in [0.25, 0.3) is 22.7 Å². The quantitative estimate of drug-likeness (QED) is 0.257. The summed E-state index contributed by atoms with van der Waals surface area (Å²) >= 11 is 0. The minimum absolute atomic E-state index is 0.355. The molecular weight excluding hydrogens is 396 g/mol. The van der Waals surface area contributed by atoms with Gasteiger partial charge in [0, 0.05) is 0 Å². The SMILES string of the molecule is COc1ccc(C)c(CCC/C(=C/c2ccc3nc(C=O)[nH]c3c2)c2ccccc2C)c1. The number of rotatable bonds is 8. The van der Waals surface area contributed by atoms with Crippen LogP contribution in [-0.2, 0) is 6.42 Å². The summed E-state index contributed by atoms with van der Waals surface area (Å²) in [7, 11) is 1.71. The van der Waals surface area contributed by atoms with Gasteiger partial charge in [-0.25, -0.2) is 4.98 Å². The van der Waals surface area contributed by atoms with E-state index in [0.717, 1.165) is 47.9 Å². The molecule has 0 aliphatic heterocycles. The second-order valence-electron chi connectivity index (χ2n) is 8.15. The summed E-state index contributed by atoms with van der Waals surface area (Å²) in [5, 5.41) is 0. The van der Waals surface area contributed by atoms with Crippen LogP contribution in [0.15, 0.2) is 60.7 Å². The van der Waals surface area contributed by atoms with Crippen LogP contribution in [-0.4, -0.2) is 23.4 Å². The number of methoxy groups -OCH3 is 1. The number of carbonyl (C=O) groups is 1. The third kappa shape index (κ3) is 4.80. The van der Waals surface area contributed by atoms with Gasteiger partial charge in [0.15, 0.2) is 12.1 Å². The van der Waals surface area contributed by atoms with Gasteiger partial charge in [0.1, 0.15) is 5.75 Å². The minimum atomic E-state index is 0.355. The van der Waals surface area contributed by atoms with Crippen LogP contribution in [0.4, 0.5) is 0 Å². The fraction of sp³-hybridized carbons (Fsp3) is 0.214. The Balaban J connectivity index is 1.62. The van der Waals surface area contributed by atoms with Crippen LogP contribution in [0.3, 0.4) is 0 Å². The Bertz CT molecular complexity index is 1280.